The zero-order valence-electron chi connectivity index (χ0n) is 9.08. The van der Waals surface area contributed by atoms with Crippen LogP contribution in [0.15, 0.2) is 24.4 Å². The quantitative estimate of drug-likeness (QED) is 0.844. The van der Waals surface area contributed by atoms with Crippen molar-refractivity contribution in [3.63, 3.8) is 0 Å². The summed E-state index contributed by atoms with van der Waals surface area (Å²) in [7, 11) is 0. The smallest absolute Gasteiger partial charge is 0.144 e. The minimum absolute atomic E-state index is 0.329. The molecule has 0 radical (unpaired) electrons. The van der Waals surface area contributed by atoms with Gasteiger partial charge in [-0.05, 0) is 12.1 Å². The Bertz CT molecular complexity index is 545. The number of halogens is 2. The second-order valence-electron chi connectivity index (χ2n) is 4.00. The third-order valence-electron chi connectivity index (χ3n) is 2.94. The Morgan fingerprint density at radius 3 is 3.12 bits per heavy atom. The van der Waals surface area contributed by atoms with E-state index in [-0.39, 0.29) is 5.82 Å². The monoisotopic (exact) mass is 251 g/mol. The Balaban J connectivity index is 2.19. The summed E-state index contributed by atoms with van der Waals surface area (Å²) < 4.78 is 15.8. The van der Waals surface area contributed by atoms with Crippen LogP contribution in [0.25, 0.3) is 11.4 Å². The van der Waals surface area contributed by atoms with Crippen molar-refractivity contribution < 1.29 is 4.39 Å². The third kappa shape index (κ3) is 1.73. The van der Waals surface area contributed by atoms with Gasteiger partial charge >= 0.3 is 0 Å². The highest BCUT2D eigenvalue weighted by atomic mass is 35.5. The molecule has 88 valence electrons. The van der Waals surface area contributed by atoms with Crippen molar-refractivity contribution in [1.82, 2.24) is 14.9 Å². The van der Waals surface area contributed by atoms with Crippen LogP contribution in [0.2, 0.25) is 5.02 Å². The molecule has 0 saturated heterocycles. The first kappa shape index (κ1) is 10.7. The highest BCUT2D eigenvalue weighted by Gasteiger charge is 2.19. The van der Waals surface area contributed by atoms with E-state index in [0.717, 1.165) is 25.3 Å². The van der Waals surface area contributed by atoms with Crippen LogP contribution in [0.5, 0.6) is 0 Å². The van der Waals surface area contributed by atoms with Crippen molar-refractivity contribution >= 4 is 11.6 Å². The molecule has 0 fully saturated rings. The molecular formula is C12H11ClFN3. The summed E-state index contributed by atoms with van der Waals surface area (Å²) in [6.07, 6.45) is 1.77. The van der Waals surface area contributed by atoms with E-state index in [1.54, 1.807) is 18.3 Å². The average molecular weight is 252 g/mol. The molecular weight excluding hydrogens is 241 g/mol. The van der Waals surface area contributed by atoms with E-state index in [9.17, 15) is 4.39 Å². The molecule has 2 heterocycles. The fourth-order valence-corrected chi connectivity index (χ4v) is 2.37. The van der Waals surface area contributed by atoms with Crippen LogP contribution in [0.1, 0.15) is 5.69 Å². The van der Waals surface area contributed by atoms with Crippen LogP contribution in [0.3, 0.4) is 0 Å². The normalized spacial score (nSPS) is 14.7. The van der Waals surface area contributed by atoms with Crippen molar-refractivity contribution in [1.29, 1.82) is 0 Å². The summed E-state index contributed by atoms with van der Waals surface area (Å²) in [6, 6.07) is 4.69. The molecule has 0 bridgehead atoms. The first-order valence-corrected chi connectivity index (χ1v) is 5.84. The molecule has 1 aromatic carbocycles. The largest absolute Gasteiger partial charge is 0.325 e. The van der Waals surface area contributed by atoms with E-state index in [2.05, 4.69) is 10.3 Å². The van der Waals surface area contributed by atoms with E-state index < -0.39 is 0 Å². The van der Waals surface area contributed by atoms with Crippen molar-refractivity contribution in [2.75, 3.05) is 6.54 Å². The van der Waals surface area contributed by atoms with Crippen molar-refractivity contribution in [3.8, 4) is 11.4 Å². The van der Waals surface area contributed by atoms with Gasteiger partial charge in [0.25, 0.3) is 0 Å². The fraction of sp³-hybridized carbons (Fsp3) is 0.250. The molecule has 0 saturated carbocycles. The summed E-state index contributed by atoms with van der Waals surface area (Å²) in [5.74, 6) is 0.286. The number of rotatable bonds is 1. The molecule has 3 rings (SSSR count). The number of benzene rings is 1. The highest BCUT2D eigenvalue weighted by molar-refractivity contribution is 6.33. The predicted molar refractivity (Wildman–Crippen MR) is 64.3 cm³/mol. The maximum atomic E-state index is 13.8. The number of hydrogen-bond acceptors (Lipinski definition) is 2. The lowest BCUT2D eigenvalue weighted by Gasteiger charge is -2.18. The Morgan fingerprint density at radius 2 is 2.29 bits per heavy atom. The average Bonchev–Trinajstić information content (AvgIpc) is 2.73. The van der Waals surface area contributed by atoms with Gasteiger partial charge in [0.05, 0.1) is 22.5 Å². The molecule has 5 heteroatoms. The highest BCUT2D eigenvalue weighted by Crippen LogP contribution is 2.30. The first-order valence-electron chi connectivity index (χ1n) is 5.47. The van der Waals surface area contributed by atoms with Gasteiger partial charge < -0.3 is 9.88 Å². The van der Waals surface area contributed by atoms with E-state index >= 15 is 0 Å². The standard InChI is InChI=1S/C12H11ClFN3/c13-9-2-1-3-10(14)11(9)12-16-7-8-6-15-4-5-17(8)12/h1-3,7,15H,4-6H2. The molecule has 1 N–H and O–H groups in total. The third-order valence-corrected chi connectivity index (χ3v) is 3.26. The zero-order valence-corrected chi connectivity index (χ0v) is 9.84. The Morgan fingerprint density at radius 1 is 1.41 bits per heavy atom. The van der Waals surface area contributed by atoms with Gasteiger partial charge in [-0.2, -0.15) is 0 Å². The Labute approximate surface area is 103 Å². The van der Waals surface area contributed by atoms with Gasteiger partial charge in [-0.15, -0.1) is 0 Å². The van der Waals surface area contributed by atoms with E-state index in [1.165, 1.54) is 6.07 Å². The number of aromatic nitrogens is 2. The number of hydrogen-bond donors (Lipinski definition) is 1. The molecule has 1 aliphatic heterocycles. The number of nitrogens with one attached hydrogen (secondary N) is 1. The molecule has 1 aliphatic rings. The van der Waals surface area contributed by atoms with E-state index in [0.29, 0.717) is 16.4 Å². The van der Waals surface area contributed by atoms with Gasteiger partial charge in [-0.1, -0.05) is 17.7 Å². The van der Waals surface area contributed by atoms with Gasteiger partial charge in [-0.25, -0.2) is 9.37 Å². The van der Waals surface area contributed by atoms with Gasteiger partial charge in [-0.3, -0.25) is 0 Å². The van der Waals surface area contributed by atoms with Crippen LogP contribution in [-0.4, -0.2) is 16.1 Å². The van der Waals surface area contributed by atoms with Crippen LogP contribution < -0.4 is 5.32 Å². The number of fused-ring (bicyclic) bond motifs is 1. The van der Waals surface area contributed by atoms with Gasteiger partial charge in [0.2, 0.25) is 0 Å². The van der Waals surface area contributed by atoms with Crippen molar-refractivity contribution in [2.45, 2.75) is 13.1 Å². The topological polar surface area (TPSA) is 29.9 Å². The van der Waals surface area contributed by atoms with Crippen LogP contribution >= 0.6 is 11.6 Å². The summed E-state index contributed by atoms with van der Waals surface area (Å²) in [6.45, 7) is 2.41. The molecule has 0 unspecified atom stereocenters. The lowest BCUT2D eigenvalue weighted by Crippen LogP contribution is -2.28. The second kappa shape index (κ2) is 4.13. The van der Waals surface area contributed by atoms with Crippen LogP contribution in [-0.2, 0) is 13.1 Å². The number of nitrogens with zero attached hydrogens (tertiary/aromatic N) is 2. The summed E-state index contributed by atoms with van der Waals surface area (Å²) in [4.78, 5) is 4.29. The minimum Gasteiger partial charge on any atom is -0.325 e. The maximum absolute atomic E-state index is 13.8. The molecule has 1 aromatic heterocycles. The van der Waals surface area contributed by atoms with Gasteiger partial charge in [0.1, 0.15) is 11.6 Å². The lowest BCUT2D eigenvalue weighted by molar-refractivity contribution is 0.518. The lowest BCUT2D eigenvalue weighted by atomic mass is 10.2. The first-order chi connectivity index (χ1) is 8.27. The summed E-state index contributed by atoms with van der Waals surface area (Å²) in [5.41, 5.74) is 1.45. The fourth-order valence-electron chi connectivity index (χ4n) is 2.12. The van der Waals surface area contributed by atoms with Crippen LogP contribution in [0.4, 0.5) is 4.39 Å². The molecule has 17 heavy (non-hydrogen) atoms. The maximum Gasteiger partial charge on any atom is 0.144 e. The molecule has 0 aliphatic carbocycles. The van der Waals surface area contributed by atoms with Gasteiger partial charge in [0, 0.05) is 19.6 Å². The second-order valence-corrected chi connectivity index (χ2v) is 4.41. The summed E-state index contributed by atoms with van der Waals surface area (Å²) >= 11 is 6.05. The minimum atomic E-state index is -0.329. The van der Waals surface area contributed by atoms with E-state index in [1.807, 2.05) is 4.57 Å². The number of imidazole rings is 1. The Hall–Kier alpha value is -1.39. The van der Waals surface area contributed by atoms with Crippen LogP contribution in [0, 0.1) is 5.82 Å². The van der Waals surface area contributed by atoms with Crippen molar-refractivity contribution in [2.24, 2.45) is 0 Å². The molecule has 0 spiro atoms. The zero-order chi connectivity index (χ0) is 11.8. The predicted octanol–water partition coefficient (Wildman–Crippen LogP) is 2.45. The molecule has 0 amide bonds. The van der Waals surface area contributed by atoms with E-state index in [4.69, 9.17) is 11.6 Å². The van der Waals surface area contributed by atoms with Crippen molar-refractivity contribution in [3.05, 3.63) is 40.9 Å². The molecule has 3 nitrogen and oxygen atoms in total. The Kier molecular flexibility index (Phi) is 2.61. The molecule has 2 aromatic rings. The summed E-state index contributed by atoms with van der Waals surface area (Å²) in [5, 5.41) is 3.65. The molecule has 0 atom stereocenters. The SMILES string of the molecule is Fc1cccc(Cl)c1-c1ncc2n1CCNC2. The van der Waals surface area contributed by atoms with Gasteiger partial charge in [0.15, 0.2) is 0 Å².